The molecule has 2 rings (SSSR count). The molecule has 0 spiro atoms. The molecule has 0 aromatic heterocycles. The number of benzene rings is 1. The lowest BCUT2D eigenvalue weighted by Gasteiger charge is -2.37. The highest BCUT2D eigenvalue weighted by Crippen LogP contribution is 2.41. The van der Waals surface area contributed by atoms with Crippen molar-refractivity contribution in [1.82, 2.24) is 10.6 Å². The van der Waals surface area contributed by atoms with Crippen LogP contribution in [0.1, 0.15) is 50.2 Å². The van der Waals surface area contributed by atoms with Crippen LogP contribution in [0.4, 0.5) is 4.79 Å². The highest BCUT2D eigenvalue weighted by atomic mass is 16.3. The highest BCUT2D eigenvalue weighted by molar-refractivity contribution is 5.73. The lowest BCUT2D eigenvalue weighted by atomic mass is 9.69. The van der Waals surface area contributed by atoms with Crippen molar-refractivity contribution >= 4 is 6.03 Å². The number of aliphatic hydroxyl groups is 1. The zero-order chi connectivity index (χ0) is 15.3. The summed E-state index contributed by atoms with van der Waals surface area (Å²) >= 11 is 0. The third kappa shape index (κ3) is 3.97. The van der Waals surface area contributed by atoms with Crippen LogP contribution in [-0.4, -0.2) is 30.8 Å². The van der Waals surface area contributed by atoms with Gasteiger partial charge in [0.1, 0.15) is 0 Å². The second kappa shape index (κ2) is 6.94. The minimum absolute atomic E-state index is 0.103. The summed E-state index contributed by atoms with van der Waals surface area (Å²) in [7, 11) is 0. The van der Waals surface area contributed by atoms with E-state index in [-0.39, 0.29) is 18.1 Å². The molecule has 1 aromatic rings. The Bertz CT molecular complexity index is 485. The van der Waals surface area contributed by atoms with E-state index in [1.807, 2.05) is 0 Å². The predicted octanol–water partition coefficient (Wildman–Crippen LogP) is 2.52. The SMILES string of the molecule is CC1(C)CCC(CNC(=O)NCCCO)c2ccccc21. The van der Waals surface area contributed by atoms with Crippen LogP contribution in [0, 0.1) is 0 Å². The molecular formula is C17H26N2O2. The van der Waals surface area contributed by atoms with Crippen LogP contribution >= 0.6 is 0 Å². The molecule has 3 N–H and O–H groups in total. The minimum atomic E-state index is -0.147. The Morgan fingerprint density at radius 1 is 1.33 bits per heavy atom. The van der Waals surface area contributed by atoms with Gasteiger partial charge in [-0.1, -0.05) is 38.1 Å². The third-order valence-corrected chi connectivity index (χ3v) is 4.38. The van der Waals surface area contributed by atoms with Gasteiger partial charge in [-0.3, -0.25) is 0 Å². The van der Waals surface area contributed by atoms with Crippen molar-refractivity contribution in [2.75, 3.05) is 19.7 Å². The van der Waals surface area contributed by atoms with Gasteiger partial charge in [-0.25, -0.2) is 4.79 Å². The van der Waals surface area contributed by atoms with Crippen molar-refractivity contribution in [1.29, 1.82) is 0 Å². The summed E-state index contributed by atoms with van der Waals surface area (Å²) in [5, 5.41) is 14.4. The molecule has 1 aliphatic carbocycles. The molecular weight excluding hydrogens is 264 g/mol. The van der Waals surface area contributed by atoms with Gasteiger partial charge in [0.2, 0.25) is 0 Å². The van der Waals surface area contributed by atoms with Gasteiger partial charge in [0.25, 0.3) is 0 Å². The standard InChI is InChI=1S/C17H26N2O2/c1-17(2)9-8-13(14-6-3-4-7-15(14)17)12-19-16(21)18-10-5-11-20/h3-4,6-7,13,20H,5,8-12H2,1-2H3,(H2,18,19,21). The molecule has 4 nitrogen and oxygen atoms in total. The van der Waals surface area contributed by atoms with E-state index in [2.05, 4.69) is 48.7 Å². The molecule has 1 aliphatic rings. The van der Waals surface area contributed by atoms with Crippen LogP contribution < -0.4 is 10.6 Å². The fraction of sp³-hybridized carbons (Fsp3) is 0.588. The summed E-state index contributed by atoms with van der Waals surface area (Å²) in [6.45, 7) is 5.86. The first-order valence-electron chi connectivity index (χ1n) is 7.76. The Balaban J connectivity index is 1.95. The number of carbonyl (C=O) groups excluding carboxylic acids is 1. The fourth-order valence-electron chi connectivity index (χ4n) is 3.07. The highest BCUT2D eigenvalue weighted by Gasteiger charge is 2.32. The summed E-state index contributed by atoms with van der Waals surface area (Å²) in [5.41, 5.74) is 2.99. The van der Waals surface area contributed by atoms with E-state index in [0.29, 0.717) is 25.4 Å². The first-order valence-corrected chi connectivity index (χ1v) is 7.76. The van der Waals surface area contributed by atoms with Gasteiger partial charge in [-0.15, -0.1) is 0 Å². The number of hydrogen-bond acceptors (Lipinski definition) is 2. The summed E-state index contributed by atoms with van der Waals surface area (Å²) in [6.07, 6.45) is 2.83. The van der Waals surface area contributed by atoms with E-state index >= 15 is 0 Å². The van der Waals surface area contributed by atoms with Crippen molar-refractivity contribution in [3.63, 3.8) is 0 Å². The number of urea groups is 1. The minimum Gasteiger partial charge on any atom is -0.396 e. The molecule has 1 unspecified atom stereocenters. The molecule has 4 heteroatoms. The Morgan fingerprint density at radius 3 is 2.86 bits per heavy atom. The summed E-state index contributed by atoms with van der Waals surface area (Å²) in [4.78, 5) is 11.7. The summed E-state index contributed by atoms with van der Waals surface area (Å²) in [5.74, 6) is 0.387. The molecule has 0 saturated heterocycles. The topological polar surface area (TPSA) is 61.4 Å². The van der Waals surface area contributed by atoms with E-state index < -0.39 is 0 Å². The predicted molar refractivity (Wildman–Crippen MR) is 84.5 cm³/mol. The molecule has 1 aromatic carbocycles. The van der Waals surface area contributed by atoms with E-state index in [1.54, 1.807) is 0 Å². The lowest BCUT2D eigenvalue weighted by Crippen LogP contribution is -2.39. The molecule has 2 amide bonds. The average molecular weight is 290 g/mol. The van der Waals surface area contributed by atoms with Crippen LogP contribution in [0.5, 0.6) is 0 Å². The van der Waals surface area contributed by atoms with Crippen molar-refractivity contribution in [2.45, 2.75) is 44.4 Å². The molecule has 0 radical (unpaired) electrons. The van der Waals surface area contributed by atoms with E-state index in [9.17, 15) is 4.79 Å². The molecule has 0 fully saturated rings. The maximum Gasteiger partial charge on any atom is 0.314 e. The first kappa shape index (κ1) is 15.8. The summed E-state index contributed by atoms with van der Waals surface area (Å²) in [6, 6.07) is 8.42. The van der Waals surface area contributed by atoms with Gasteiger partial charge in [-0.05, 0) is 35.8 Å². The van der Waals surface area contributed by atoms with Crippen molar-refractivity contribution < 1.29 is 9.90 Å². The van der Waals surface area contributed by atoms with Crippen LogP contribution in [0.2, 0.25) is 0 Å². The van der Waals surface area contributed by atoms with Gasteiger partial charge in [0.05, 0.1) is 0 Å². The number of rotatable bonds is 5. The second-order valence-electron chi connectivity index (χ2n) is 6.42. The smallest absolute Gasteiger partial charge is 0.314 e. The zero-order valence-corrected chi connectivity index (χ0v) is 13.0. The van der Waals surface area contributed by atoms with Gasteiger partial charge in [0.15, 0.2) is 0 Å². The van der Waals surface area contributed by atoms with Gasteiger partial charge < -0.3 is 15.7 Å². The van der Waals surface area contributed by atoms with Gasteiger partial charge in [-0.2, -0.15) is 0 Å². The number of nitrogens with one attached hydrogen (secondary N) is 2. The normalized spacial score (nSPS) is 19.7. The van der Waals surface area contributed by atoms with E-state index in [1.165, 1.54) is 11.1 Å². The average Bonchev–Trinajstić information content (AvgIpc) is 2.47. The largest absolute Gasteiger partial charge is 0.396 e. The lowest BCUT2D eigenvalue weighted by molar-refractivity contribution is 0.236. The van der Waals surface area contributed by atoms with Crippen molar-refractivity contribution in [3.8, 4) is 0 Å². The summed E-state index contributed by atoms with van der Waals surface area (Å²) < 4.78 is 0. The van der Waals surface area contributed by atoms with Gasteiger partial charge in [0, 0.05) is 25.6 Å². The van der Waals surface area contributed by atoms with Gasteiger partial charge >= 0.3 is 6.03 Å². The van der Waals surface area contributed by atoms with Crippen LogP contribution in [0.3, 0.4) is 0 Å². The Morgan fingerprint density at radius 2 is 2.10 bits per heavy atom. The zero-order valence-electron chi connectivity index (χ0n) is 13.0. The molecule has 116 valence electrons. The number of hydrogen-bond donors (Lipinski definition) is 3. The molecule has 0 heterocycles. The molecule has 0 aliphatic heterocycles. The van der Waals surface area contributed by atoms with Crippen LogP contribution in [0.25, 0.3) is 0 Å². The van der Waals surface area contributed by atoms with E-state index in [0.717, 1.165) is 12.8 Å². The molecule has 0 saturated carbocycles. The number of carbonyl (C=O) groups is 1. The second-order valence-corrected chi connectivity index (χ2v) is 6.42. The fourth-order valence-corrected chi connectivity index (χ4v) is 3.07. The molecule has 0 bridgehead atoms. The Kier molecular flexibility index (Phi) is 5.23. The number of aliphatic hydroxyl groups excluding tert-OH is 1. The Hall–Kier alpha value is -1.55. The monoisotopic (exact) mass is 290 g/mol. The van der Waals surface area contributed by atoms with Crippen molar-refractivity contribution in [2.24, 2.45) is 0 Å². The molecule has 21 heavy (non-hydrogen) atoms. The third-order valence-electron chi connectivity index (χ3n) is 4.38. The first-order chi connectivity index (χ1) is 10.0. The Labute approximate surface area is 126 Å². The quantitative estimate of drug-likeness (QED) is 0.730. The van der Waals surface area contributed by atoms with Crippen LogP contribution in [0.15, 0.2) is 24.3 Å². The maximum atomic E-state index is 11.7. The number of fused-ring (bicyclic) bond motifs is 1. The van der Waals surface area contributed by atoms with Crippen molar-refractivity contribution in [3.05, 3.63) is 35.4 Å². The van der Waals surface area contributed by atoms with E-state index in [4.69, 9.17) is 5.11 Å². The number of amides is 2. The maximum absolute atomic E-state index is 11.7. The van der Waals surface area contributed by atoms with Crippen LogP contribution in [-0.2, 0) is 5.41 Å². The molecule has 1 atom stereocenters.